The zero-order chi connectivity index (χ0) is 17.1. The van der Waals surface area contributed by atoms with Gasteiger partial charge in [-0.05, 0) is 49.9 Å². The molecular weight excluding hydrogens is 292 g/mol. The van der Waals surface area contributed by atoms with E-state index in [1.165, 1.54) is 0 Å². The van der Waals surface area contributed by atoms with Crippen molar-refractivity contribution >= 4 is 17.4 Å². The van der Waals surface area contributed by atoms with Gasteiger partial charge in [0.05, 0.1) is 6.04 Å². The number of benzene rings is 1. The van der Waals surface area contributed by atoms with E-state index in [1.807, 2.05) is 32.0 Å². The first-order valence-corrected chi connectivity index (χ1v) is 8.26. The highest BCUT2D eigenvalue weighted by Crippen LogP contribution is 2.27. The number of carboxylic acid groups (broad SMARTS) is 1. The molecule has 5 heteroatoms. The van der Waals surface area contributed by atoms with E-state index in [0.717, 1.165) is 24.1 Å². The molecule has 126 valence electrons. The van der Waals surface area contributed by atoms with Crippen LogP contribution in [0.1, 0.15) is 50.0 Å². The first-order chi connectivity index (χ1) is 10.8. The van der Waals surface area contributed by atoms with Gasteiger partial charge in [-0.25, -0.2) is 0 Å². The number of hydrogen-bond acceptors (Lipinski definition) is 4. The molecule has 0 fully saturated rings. The number of nitrogens with one attached hydrogen (secondary N) is 2. The van der Waals surface area contributed by atoms with E-state index < -0.39 is 18.1 Å². The van der Waals surface area contributed by atoms with Crippen molar-refractivity contribution in [3.8, 4) is 0 Å². The summed E-state index contributed by atoms with van der Waals surface area (Å²) in [5, 5.41) is 15.7. The van der Waals surface area contributed by atoms with E-state index in [9.17, 15) is 14.7 Å². The molecule has 2 rings (SSSR count). The van der Waals surface area contributed by atoms with Crippen molar-refractivity contribution in [2.75, 3.05) is 5.32 Å². The van der Waals surface area contributed by atoms with Crippen molar-refractivity contribution in [2.24, 2.45) is 5.92 Å². The minimum Gasteiger partial charge on any atom is -0.480 e. The largest absolute Gasteiger partial charge is 0.480 e. The van der Waals surface area contributed by atoms with E-state index in [1.54, 1.807) is 6.92 Å². The topological polar surface area (TPSA) is 78.4 Å². The number of rotatable bonds is 7. The molecule has 1 aromatic carbocycles. The third-order valence-electron chi connectivity index (χ3n) is 4.62. The molecule has 4 atom stereocenters. The molecule has 3 N–H and O–H groups in total. The molecule has 1 aliphatic rings. The van der Waals surface area contributed by atoms with Crippen molar-refractivity contribution in [3.63, 3.8) is 0 Å². The predicted octanol–water partition coefficient (Wildman–Crippen LogP) is 2.70. The number of fused-ring (bicyclic) bond motifs is 1. The van der Waals surface area contributed by atoms with Gasteiger partial charge in [0.25, 0.3) is 0 Å². The summed E-state index contributed by atoms with van der Waals surface area (Å²) in [6.45, 7) is 7.67. The van der Waals surface area contributed by atoms with Crippen LogP contribution in [0.3, 0.4) is 0 Å². The molecule has 0 aromatic heterocycles. The highest BCUT2D eigenvalue weighted by atomic mass is 16.4. The van der Waals surface area contributed by atoms with E-state index in [2.05, 4.69) is 17.6 Å². The summed E-state index contributed by atoms with van der Waals surface area (Å²) in [7, 11) is 0. The molecule has 1 aliphatic heterocycles. The van der Waals surface area contributed by atoms with Crippen LogP contribution < -0.4 is 10.6 Å². The Hall–Kier alpha value is -1.88. The van der Waals surface area contributed by atoms with Crippen LogP contribution in [-0.2, 0) is 11.2 Å². The third kappa shape index (κ3) is 3.91. The normalized spacial score (nSPS) is 20.3. The second-order valence-electron chi connectivity index (χ2n) is 6.58. The second kappa shape index (κ2) is 7.13. The van der Waals surface area contributed by atoms with E-state index >= 15 is 0 Å². The number of hydrogen-bond donors (Lipinski definition) is 3. The van der Waals surface area contributed by atoms with Crippen LogP contribution >= 0.6 is 0 Å². The average Bonchev–Trinajstić information content (AvgIpc) is 2.89. The Kier molecular flexibility index (Phi) is 5.42. The predicted molar refractivity (Wildman–Crippen MR) is 91.0 cm³/mol. The lowest BCUT2D eigenvalue weighted by molar-refractivity contribution is -0.141. The lowest BCUT2D eigenvalue weighted by Gasteiger charge is -2.24. The van der Waals surface area contributed by atoms with Crippen molar-refractivity contribution < 1.29 is 14.7 Å². The van der Waals surface area contributed by atoms with Crippen LogP contribution in [0, 0.1) is 5.92 Å². The average molecular weight is 318 g/mol. The maximum absolute atomic E-state index is 12.6. The number of carbonyl (C=O) groups excluding carboxylic acids is 1. The van der Waals surface area contributed by atoms with Gasteiger partial charge < -0.3 is 10.4 Å². The first-order valence-electron chi connectivity index (χ1n) is 8.26. The lowest BCUT2D eigenvalue weighted by atomic mass is 9.96. The SMILES string of the molecule is CCC(C)C(NC(C)C(=O)c1ccc2c(c1)CC(C)N2)C(=O)O. The smallest absolute Gasteiger partial charge is 0.320 e. The Bertz CT molecular complexity index is 600. The summed E-state index contributed by atoms with van der Waals surface area (Å²) in [6, 6.07) is 4.80. The molecule has 0 aliphatic carbocycles. The van der Waals surface area contributed by atoms with Gasteiger partial charge >= 0.3 is 5.97 Å². The Morgan fingerprint density at radius 3 is 2.70 bits per heavy atom. The number of ketones is 1. The summed E-state index contributed by atoms with van der Waals surface area (Å²) in [5.41, 5.74) is 2.86. The van der Waals surface area contributed by atoms with E-state index in [0.29, 0.717) is 11.6 Å². The standard InChI is InChI=1S/C18H26N2O3/c1-5-10(2)16(18(22)23)20-12(4)17(21)13-6-7-15-14(9-13)8-11(3)19-15/h6-7,9-12,16,19-20H,5,8H2,1-4H3,(H,22,23). The van der Waals surface area contributed by atoms with E-state index in [4.69, 9.17) is 0 Å². The fraction of sp³-hybridized carbons (Fsp3) is 0.556. The number of anilines is 1. The van der Waals surface area contributed by atoms with Gasteiger partial charge in [0.1, 0.15) is 6.04 Å². The maximum atomic E-state index is 12.6. The molecule has 1 aromatic rings. The van der Waals surface area contributed by atoms with Crippen molar-refractivity contribution in [3.05, 3.63) is 29.3 Å². The van der Waals surface area contributed by atoms with Gasteiger partial charge in [0.2, 0.25) is 0 Å². The zero-order valence-corrected chi connectivity index (χ0v) is 14.2. The monoisotopic (exact) mass is 318 g/mol. The minimum absolute atomic E-state index is 0.0344. The van der Waals surface area contributed by atoms with Gasteiger partial charge in [-0.1, -0.05) is 20.3 Å². The van der Waals surface area contributed by atoms with Gasteiger partial charge in [-0.3, -0.25) is 14.9 Å². The molecule has 5 nitrogen and oxygen atoms in total. The van der Waals surface area contributed by atoms with Crippen LogP contribution in [0.2, 0.25) is 0 Å². The van der Waals surface area contributed by atoms with Crippen molar-refractivity contribution in [1.29, 1.82) is 0 Å². The van der Waals surface area contributed by atoms with Crippen molar-refractivity contribution in [1.82, 2.24) is 5.32 Å². The van der Waals surface area contributed by atoms with Gasteiger partial charge in [0, 0.05) is 17.3 Å². The number of aliphatic carboxylic acids is 1. The Labute approximate surface area is 137 Å². The first kappa shape index (κ1) is 17.5. The van der Waals surface area contributed by atoms with Gasteiger partial charge in [-0.2, -0.15) is 0 Å². The van der Waals surface area contributed by atoms with Crippen LogP contribution in [0.15, 0.2) is 18.2 Å². The molecule has 4 unspecified atom stereocenters. The van der Waals surface area contributed by atoms with Crippen molar-refractivity contribution in [2.45, 2.75) is 58.7 Å². The van der Waals surface area contributed by atoms with Crippen LogP contribution in [0.5, 0.6) is 0 Å². The van der Waals surface area contributed by atoms with Crippen LogP contribution in [0.25, 0.3) is 0 Å². The highest BCUT2D eigenvalue weighted by molar-refractivity contribution is 6.00. The molecule has 0 bridgehead atoms. The molecule has 1 heterocycles. The summed E-state index contributed by atoms with van der Waals surface area (Å²) >= 11 is 0. The van der Waals surface area contributed by atoms with Crippen LogP contribution in [-0.4, -0.2) is 35.0 Å². The molecule has 0 radical (unpaired) electrons. The second-order valence-corrected chi connectivity index (χ2v) is 6.58. The van der Waals surface area contributed by atoms with Gasteiger partial charge in [0.15, 0.2) is 5.78 Å². The molecular formula is C18H26N2O3. The molecule has 23 heavy (non-hydrogen) atoms. The zero-order valence-electron chi connectivity index (χ0n) is 14.2. The quantitative estimate of drug-likeness (QED) is 0.674. The molecule has 0 spiro atoms. The van der Waals surface area contributed by atoms with Crippen LogP contribution in [0.4, 0.5) is 5.69 Å². The molecule has 0 amide bonds. The fourth-order valence-corrected chi connectivity index (χ4v) is 3.01. The Morgan fingerprint density at radius 1 is 1.39 bits per heavy atom. The summed E-state index contributed by atoms with van der Waals surface area (Å²) < 4.78 is 0. The number of Topliss-reactive ketones (excluding diaryl/α,β-unsaturated/α-hetero) is 1. The highest BCUT2D eigenvalue weighted by Gasteiger charge is 2.28. The molecule has 0 saturated carbocycles. The molecule has 0 saturated heterocycles. The van der Waals surface area contributed by atoms with E-state index in [-0.39, 0.29) is 11.7 Å². The Morgan fingerprint density at radius 2 is 2.09 bits per heavy atom. The summed E-state index contributed by atoms with van der Waals surface area (Å²) in [5.74, 6) is -1.01. The lowest BCUT2D eigenvalue weighted by Crippen LogP contribution is -2.48. The number of carboxylic acids is 1. The number of carbonyl (C=O) groups is 2. The summed E-state index contributed by atoms with van der Waals surface area (Å²) in [6.07, 6.45) is 1.65. The summed E-state index contributed by atoms with van der Waals surface area (Å²) in [4.78, 5) is 24.0. The third-order valence-corrected chi connectivity index (χ3v) is 4.62. The minimum atomic E-state index is -0.911. The van der Waals surface area contributed by atoms with Gasteiger partial charge in [-0.15, -0.1) is 0 Å². The maximum Gasteiger partial charge on any atom is 0.320 e. The fourth-order valence-electron chi connectivity index (χ4n) is 3.01. The Balaban J connectivity index is 2.11.